The number of amides is 1. The first kappa shape index (κ1) is 20.1. The molecule has 1 unspecified atom stereocenters. The average molecular weight is 393 g/mol. The van der Waals surface area contributed by atoms with Crippen molar-refractivity contribution < 1.29 is 4.79 Å². The fourth-order valence-corrected chi connectivity index (χ4v) is 4.65. The fourth-order valence-electron chi connectivity index (χ4n) is 3.59. The maximum absolute atomic E-state index is 13.3. The van der Waals surface area contributed by atoms with Crippen LogP contribution in [0.2, 0.25) is 0 Å². The molecule has 0 aliphatic carbocycles. The summed E-state index contributed by atoms with van der Waals surface area (Å²) >= 11 is 1.53. The molecule has 0 saturated heterocycles. The van der Waals surface area contributed by atoms with Gasteiger partial charge in [0.05, 0.1) is 16.7 Å². The quantitative estimate of drug-likeness (QED) is 0.746. The van der Waals surface area contributed by atoms with Crippen molar-refractivity contribution in [2.75, 3.05) is 25.4 Å². The summed E-state index contributed by atoms with van der Waals surface area (Å²) in [5.41, 5.74) is 0.758. The van der Waals surface area contributed by atoms with E-state index in [1.807, 2.05) is 36.4 Å². The van der Waals surface area contributed by atoms with Crippen LogP contribution >= 0.6 is 11.8 Å². The minimum Gasteiger partial charge on any atom is -0.318 e. The lowest BCUT2D eigenvalue weighted by Crippen LogP contribution is -2.39. The molecule has 1 aliphatic rings. The molecule has 0 spiro atoms. The summed E-state index contributed by atoms with van der Waals surface area (Å²) in [5.74, 6) is 0.606. The molecule has 0 saturated carbocycles. The summed E-state index contributed by atoms with van der Waals surface area (Å²) in [4.78, 5) is 19.9. The number of benzene rings is 1. The lowest BCUT2D eigenvalue weighted by molar-refractivity contribution is -0.122. The number of pyridine rings is 1. The number of nitrogens with zero attached hydrogens (tertiary/aromatic N) is 3. The molecule has 5 nitrogen and oxygen atoms in total. The van der Waals surface area contributed by atoms with Crippen LogP contribution in [0, 0.1) is 11.3 Å². The Morgan fingerprint density at radius 1 is 1.14 bits per heavy atom. The lowest BCUT2D eigenvalue weighted by Gasteiger charge is -2.27. The number of nitrogens with one attached hydrogen (secondary N) is 1. The molecule has 2 heterocycles. The van der Waals surface area contributed by atoms with Crippen LogP contribution in [-0.2, 0) is 10.2 Å². The third kappa shape index (κ3) is 3.56. The summed E-state index contributed by atoms with van der Waals surface area (Å²) in [6, 6.07) is 15.5. The van der Waals surface area contributed by atoms with E-state index in [9.17, 15) is 10.1 Å². The standard InChI is InChI=1S/C22H24N4OS/c1-3-26(4-2)13-14-28-20-19(15-23)22(21(27)25-20,17-9-6-5-7-10-17)18-11-8-12-24-16-18/h5-12,16H,3-4,13-14H2,1-2H3,(H,25,27). The van der Waals surface area contributed by atoms with Crippen LogP contribution in [0.25, 0.3) is 0 Å². The van der Waals surface area contributed by atoms with Crippen molar-refractivity contribution >= 4 is 17.7 Å². The Morgan fingerprint density at radius 2 is 1.86 bits per heavy atom. The number of hydrogen-bond acceptors (Lipinski definition) is 5. The summed E-state index contributed by atoms with van der Waals surface area (Å²) < 4.78 is 0. The van der Waals surface area contributed by atoms with E-state index in [1.165, 1.54) is 11.8 Å². The Balaban J connectivity index is 2.05. The number of hydrogen-bond donors (Lipinski definition) is 1. The van der Waals surface area contributed by atoms with Crippen molar-refractivity contribution in [1.29, 1.82) is 5.26 Å². The number of carbonyl (C=O) groups excluding carboxylic acids is 1. The number of nitriles is 1. The average Bonchev–Trinajstić information content (AvgIpc) is 3.04. The minimum atomic E-state index is -1.16. The number of carbonyl (C=O) groups is 1. The highest BCUT2D eigenvalue weighted by Crippen LogP contribution is 2.45. The van der Waals surface area contributed by atoms with Crippen LogP contribution in [-0.4, -0.2) is 41.2 Å². The second kappa shape index (κ2) is 9.05. The second-order valence-electron chi connectivity index (χ2n) is 6.50. The second-order valence-corrected chi connectivity index (χ2v) is 7.61. The predicted molar refractivity (Wildman–Crippen MR) is 112 cm³/mol. The molecule has 1 N–H and O–H groups in total. The Labute approximate surface area is 170 Å². The molecular weight excluding hydrogens is 368 g/mol. The van der Waals surface area contributed by atoms with Gasteiger partial charge in [-0.15, -0.1) is 11.8 Å². The molecule has 6 heteroatoms. The number of thioether (sulfide) groups is 1. The van der Waals surface area contributed by atoms with Gasteiger partial charge in [-0.3, -0.25) is 9.78 Å². The molecule has 0 radical (unpaired) electrons. The monoisotopic (exact) mass is 392 g/mol. The largest absolute Gasteiger partial charge is 0.318 e. The van der Waals surface area contributed by atoms with Crippen LogP contribution in [0.15, 0.2) is 65.5 Å². The molecule has 0 bridgehead atoms. The predicted octanol–water partition coefficient (Wildman–Crippen LogP) is 3.31. The van der Waals surface area contributed by atoms with Crippen LogP contribution < -0.4 is 5.32 Å². The van der Waals surface area contributed by atoms with Crippen LogP contribution in [0.4, 0.5) is 0 Å². The fraction of sp³-hybridized carbons (Fsp3) is 0.318. The molecule has 1 aliphatic heterocycles. The van der Waals surface area contributed by atoms with Gasteiger partial charge in [0.15, 0.2) is 0 Å². The van der Waals surface area contributed by atoms with Crippen molar-refractivity contribution in [3.63, 3.8) is 0 Å². The van der Waals surface area contributed by atoms with E-state index in [0.29, 0.717) is 16.2 Å². The normalized spacial score (nSPS) is 19.0. The maximum atomic E-state index is 13.3. The van der Waals surface area contributed by atoms with Crippen LogP contribution in [0.1, 0.15) is 25.0 Å². The topological polar surface area (TPSA) is 69.0 Å². The highest BCUT2D eigenvalue weighted by Gasteiger charge is 2.52. The van der Waals surface area contributed by atoms with Gasteiger partial charge in [0.2, 0.25) is 5.91 Å². The number of rotatable bonds is 8. The zero-order valence-corrected chi connectivity index (χ0v) is 17.0. The third-order valence-corrected chi connectivity index (χ3v) is 6.11. The van der Waals surface area contributed by atoms with E-state index < -0.39 is 5.41 Å². The molecule has 1 atom stereocenters. The highest BCUT2D eigenvalue weighted by atomic mass is 32.2. The van der Waals surface area contributed by atoms with E-state index in [0.717, 1.165) is 31.0 Å². The summed E-state index contributed by atoms with van der Waals surface area (Å²) in [7, 11) is 0. The van der Waals surface area contributed by atoms with Gasteiger partial charge in [0.1, 0.15) is 5.41 Å². The van der Waals surface area contributed by atoms with Gasteiger partial charge in [0.25, 0.3) is 0 Å². The first-order chi connectivity index (χ1) is 13.7. The van der Waals surface area contributed by atoms with Gasteiger partial charge in [-0.05, 0) is 30.3 Å². The van der Waals surface area contributed by atoms with Gasteiger partial charge in [-0.1, -0.05) is 50.2 Å². The van der Waals surface area contributed by atoms with Gasteiger partial charge in [-0.25, -0.2) is 0 Å². The van der Waals surface area contributed by atoms with Crippen molar-refractivity contribution in [2.45, 2.75) is 19.3 Å². The minimum absolute atomic E-state index is 0.200. The van der Waals surface area contributed by atoms with Gasteiger partial charge in [0, 0.05) is 24.7 Å². The van der Waals surface area contributed by atoms with E-state index in [2.05, 4.69) is 35.1 Å². The molecule has 3 rings (SSSR count). The smallest absolute Gasteiger partial charge is 0.245 e. The SMILES string of the molecule is CCN(CC)CCSC1=C(C#N)C(c2ccccc2)(c2cccnc2)C(=O)N1. The molecule has 0 fully saturated rings. The molecule has 144 valence electrons. The first-order valence-electron chi connectivity index (χ1n) is 9.45. The third-order valence-electron chi connectivity index (χ3n) is 5.13. The van der Waals surface area contributed by atoms with E-state index >= 15 is 0 Å². The van der Waals surface area contributed by atoms with Crippen molar-refractivity contribution in [1.82, 2.24) is 15.2 Å². The lowest BCUT2D eigenvalue weighted by atomic mass is 9.71. The van der Waals surface area contributed by atoms with Crippen molar-refractivity contribution in [3.05, 3.63) is 76.6 Å². The molecule has 1 aromatic heterocycles. The molecule has 1 amide bonds. The van der Waals surface area contributed by atoms with Gasteiger partial charge in [-0.2, -0.15) is 5.26 Å². The highest BCUT2D eigenvalue weighted by molar-refractivity contribution is 8.03. The molecule has 1 aromatic carbocycles. The van der Waals surface area contributed by atoms with Gasteiger partial charge < -0.3 is 10.2 Å². The van der Waals surface area contributed by atoms with E-state index in [4.69, 9.17) is 0 Å². The Bertz CT molecular complexity index is 846. The Morgan fingerprint density at radius 3 is 2.46 bits per heavy atom. The van der Waals surface area contributed by atoms with Crippen LogP contribution in [0.5, 0.6) is 0 Å². The Kier molecular flexibility index (Phi) is 6.50. The summed E-state index contributed by atoms with van der Waals surface area (Å²) in [5, 5.41) is 13.7. The molecule has 28 heavy (non-hydrogen) atoms. The van der Waals surface area contributed by atoms with E-state index in [1.54, 1.807) is 18.5 Å². The van der Waals surface area contributed by atoms with Gasteiger partial charge >= 0.3 is 0 Å². The molecule has 2 aromatic rings. The Hall–Kier alpha value is -2.62. The van der Waals surface area contributed by atoms with Crippen LogP contribution in [0.3, 0.4) is 0 Å². The van der Waals surface area contributed by atoms with Crippen molar-refractivity contribution in [2.24, 2.45) is 0 Å². The zero-order chi connectivity index (χ0) is 20.0. The number of aromatic nitrogens is 1. The maximum Gasteiger partial charge on any atom is 0.245 e. The summed E-state index contributed by atoms with van der Waals surface area (Å²) in [6.45, 7) is 7.14. The summed E-state index contributed by atoms with van der Waals surface area (Å²) in [6.07, 6.45) is 3.35. The molecular formula is C22H24N4OS. The van der Waals surface area contributed by atoms with Crippen molar-refractivity contribution in [3.8, 4) is 6.07 Å². The van der Waals surface area contributed by atoms with E-state index in [-0.39, 0.29) is 5.91 Å². The zero-order valence-electron chi connectivity index (χ0n) is 16.2. The first-order valence-corrected chi connectivity index (χ1v) is 10.4.